The van der Waals surface area contributed by atoms with Gasteiger partial charge in [0.05, 0.1) is 25.7 Å². The van der Waals surface area contributed by atoms with Gasteiger partial charge in [-0.3, -0.25) is 9.59 Å². The summed E-state index contributed by atoms with van der Waals surface area (Å²) in [5.74, 6) is -0.385. The van der Waals surface area contributed by atoms with Crippen LogP contribution in [0.3, 0.4) is 0 Å². The van der Waals surface area contributed by atoms with Crippen LogP contribution in [0, 0.1) is 0 Å². The minimum absolute atomic E-state index is 0.173. The Morgan fingerprint density at radius 2 is 2.09 bits per heavy atom. The molecule has 1 fully saturated rings. The predicted molar refractivity (Wildman–Crippen MR) is 77.1 cm³/mol. The van der Waals surface area contributed by atoms with Crippen LogP contribution in [0.25, 0.3) is 0 Å². The third-order valence-corrected chi connectivity index (χ3v) is 3.43. The first-order valence-electron chi connectivity index (χ1n) is 6.91. The second-order valence-electron chi connectivity index (χ2n) is 5.14. The normalized spacial score (nSPS) is 20.4. The molecule has 1 aromatic carbocycles. The Morgan fingerprint density at radius 1 is 1.36 bits per heavy atom. The van der Waals surface area contributed by atoms with E-state index in [1.807, 2.05) is 0 Å². The van der Waals surface area contributed by atoms with Crippen LogP contribution in [0.5, 0.6) is 11.5 Å². The molecule has 2 rings (SSSR count). The van der Waals surface area contributed by atoms with Gasteiger partial charge in [0.2, 0.25) is 0 Å². The van der Waals surface area contributed by atoms with Gasteiger partial charge in [0, 0.05) is 6.61 Å². The Balaban J connectivity index is 1.93. The van der Waals surface area contributed by atoms with E-state index in [1.54, 1.807) is 24.3 Å². The molecule has 1 amide bonds. The average Bonchev–Trinajstić information content (AvgIpc) is 2.92. The van der Waals surface area contributed by atoms with Gasteiger partial charge < -0.3 is 24.6 Å². The van der Waals surface area contributed by atoms with Crippen molar-refractivity contribution < 1.29 is 28.9 Å². The van der Waals surface area contributed by atoms with Gasteiger partial charge in [-0.05, 0) is 18.6 Å². The number of benzene rings is 1. The minimum Gasteiger partial charge on any atom is -0.493 e. The molecule has 0 aromatic heterocycles. The number of methoxy groups -OCH3 is 1. The number of rotatable bonds is 7. The van der Waals surface area contributed by atoms with Gasteiger partial charge in [0.1, 0.15) is 0 Å². The van der Waals surface area contributed by atoms with Crippen molar-refractivity contribution in [3.8, 4) is 11.5 Å². The van der Waals surface area contributed by atoms with Crippen LogP contribution in [-0.2, 0) is 14.3 Å². The third-order valence-electron chi connectivity index (χ3n) is 3.43. The lowest BCUT2D eigenvalue weighted by molar-refractivity contribution is -0.139. The quantitative estimate of drug-likeness (QED) is 0.774. The molecule has 0 spiro atoms. The van der Waals surface area contributed by atoms with Gasteiger partial charge in [-0.15, -0.1) is 0 Å². The molecule has 1 heterocycles. The molecule has 0 radical (unpaired) electrons. The number of amides is 1. The van der Waals surface area contributed by atoms with Gasteiger partial charge in [-0.25, -0.2) is 0 Å². The van der Waals surface area contributed by atoms with Gasteiger partial charge in [-0.2, -0.15) is 0 Å². The highest BCUT2D eigenvalue weighted by molar-refractivity contribution is 5.80. The van der Waals surface area contributed by atoms with Gasteiger partial charge in [-0.1, -0.05) is 12.1 Å². The maximum Gasteiger partial charge on any atom is 0.305 e. The zero-order valence-electron chi connectivity index (χ0n) is 12.3. The monoisotopic (exact) mass is 309 g/mol. The number of para-hydroxylation sites is 2. The van der Waals surface area contributed by atoms with E-state index < -0.39 is 17.4 Å². The van der Waals surface area contributed by atoms with Crippen molar-refractivity contribution >= 4 is 11.9 Å². The Hall–Kier alpha value is -2.28. The number of hydrogen-bond donors (Lipinski definition) is 2. The lowest BCUT2D eigenvalue weighted by atomic mass is 9.94. The van der Waals surface area contributed by atoms with E-state index in [1.165, 1.54) is 7.11 Å². The summed E-state index contributed by atoms with van der Waals surface area (Å²) in [4.78, 5) is 23.0. The summed E-state index contributed by atoms with van der Waals surface area (Å²) in [7, 11) is 1.51. The molecule has 1 saturated heterocycles. The number of ether oxygens (including phenoxy) is 3. The van der Waals surface area contributed by atoms with Crippen LogP contribution in [0.15, 0.2) is 24.3 Å². The highest BCUT2D eigenvalue weighted by Crippen LogP contribution is 2.26. The molecule has 1 aliphatic rings. The number of carbonyl (C=O) groups excluding carboxylic acids is 1. The van der Waals surface area contributed by atoms with Crippen molar-refractivity contribution in [2.45, 2.75) is 18.4 Å². The number of hydrogen-bond acceptors (Lipinski definition) is 5. The fourth-order valence-electron chi connectivity index (χ4n) is 2.39. The topological polar surface area (TPSA) is 94.1 Å². The third kappa shape index (κ3) is 4.11. The lowest BCUT2D eigenvalue weighted by Gasteiger charge is -2.27. The molecule has 1 aromatic rings. The van der Waals surface area contributed by atoms with Crippen LogP contribution in [0.4, 0.5) is 0 Å². The number of carboxylic acids is 1. The SMILES string of the molecule is COc1ccccc1OCC(=O)NC1(CC(=O)O)CCOC1. The molecular formula is C15H19NO6. The molecule has 120 valence electrons. The van der Waals surface area contributed by atoms with E-state index >= 15 is 0 Å². The van der Waals surface area contributed by atoms with Crippen LogP contribution in [0.2, 0.25) is 0 Å². The van der Waals surface area contributed by atoms with Gasteiger partial charge in [0.25, 0.3) is 5.91 Å². The fraction of sp³-hybridized carbons (Fsp3) is 0.467. The lowest BCUT2D eigenvalue weighted by Crippen LogP contribution is -2.51. The molecule has 0 saturated carbocycles. The molecule has 0 bridgehead atoms. The van der Waals surface area contributed by atoms with Crippen molar-refractivity contribution in [1.82, 2.24) is 5.32 Å². The fourth-order valence-corrected chi connectivity index (χ4v) is 2.39. The number of aliphatic carboxylic acids is 1. The first-order chi connectivity index (χ1) is 10.5. The molecule has 22 heavy (non-hydrogen) atoms. The Labute approximate surface area is 128 Å². The first-order valence-corrected chi connectivity index (χ1v) is 6.91. The highest BCUT2D eigenvalue weighted by Gasteiger charge is 2.38. The summed E-state index contributed by atoms with van der Waals surface area (Å²) in [6.45, 7) is 0.405. The van der Waals surface area contributed by atoms with Crippen molar-refractivity contribution in [3.63, 3.8) is 0 Å². The molecule has 7 nitrogen and oxygen atoms in total. The van der Waals surface area contributed by atoms with E-state index in [4.69, 9.17) is 19.3 Å². The number of carbonyl (C=O) groups is 2. The Morgan fingerprint density at radius 3 is 2.68 bits per heavy atom. The van der Waals surface area contributed by atoms with E-state index in [0.717, 1.165) is 0 Å². The van der Waals surface area contributed by atoms with Gasteiger partial charge in [0.15, 0.2) is 18.1 Å². The van der Waals surface area contributed by atoms with Crippen LogP contribution in [-0.4, -0.2) is 49.5 Å². The number of nitrogens with one attached hydrogen (secondary N) is 1. The molecule has 1 atom stereocenters. The van der Waals surface area contributed by atoms with Crippen molar-refractivity contribution in [3.05, 3.63) is 24.3 Å². The zero-order chi connectivity index (χ0) is 16.0. The molecule has 7 heteroatoms. The van der Waals surface area contributed by atoms with E-state index in [9.17, 15) is 9.59 Å². The molecular weight excluding hydrogens is 290 g/mol. The summed E-state index contributed by atoms with van der Waals surface area (Å²) in [6, 6.07) is 6.98. The second-order valence-corrected chi connectivity index (χ2v) is 5.14. The molecule has 1 aliphatic heterocycles. The minimum atomic E-state index is -0.976. The smallest absolute Gasteiger partial charge is 0.305 e. The van der Waals surface area contributed by atoms with E-state index in [-0.39, 0.29) is 19.6 Å². The highest BCUT2D eigenvalue weighted by atomic mass is 16.5. The van der Waals surface area contributed by atoms with Crippen LogP contribution >= 0.6 is 0 Å². The maximum absolute atomic E-state index is 12.0. The maximum atomic E-state index is 12.0. The van der Waals surface area contributed by atoms with Crippen molar-refractivity contribution in [2.24, 2.45) is 0 Å². The van der Waals surface area contributed by atoms with Crippen molar-refractivity contribution in [2.75, 3.05) is 26.9 Å². The van der Waals surface area contributed by atoms with E-state index in [2.05, 4.69) is 5.32 Å². The van der Waals surface area contributed by atoms with E-state index in [0.29, 0.717) is 24.5 Å². The first kappa shape index (κ1) is 16.1. The number of carboxylic acid groups (broad SMARTS) is 1. The van der Waals surface area contributed by atoms with Crippen LogP contribution < -0.4 is 14.8 Å². The summed E-state index contributed by atoms with van der Waals surface area (Å²) >= 11 is 0. The summed E-state index contributed by atoms with van der Waals surface area (Å²) in [5.41, 5.74) is -0.854. The largest absolute Gasteiger partial charge is 0.493 e. The Bertz CT molecular complexity index is 539. The van der Waals surface area contributed by atoms with Crippen molar-refractivity contribution in [1.29, 1.82) is 0 Å². The predicted octanol–water partition coefficient (Wildman–Crippen LogP) is 0.824. The molecule has 2 N–H and O–H groups in total. The van der Waals surface area contributed by atoms with Gasteiger partial charge >= 0.3 is 5.97 Å². The van der Waals surface area contributed by atoms with Crippen LogP contribution in [0.1, 0.15) is 12.8 Å². The Kier molecular flexibility index (Phi) is 5.21. The summed E-state index contributed by atoms with van der Waals surface area (Å²) in [5, 5.41) is 11.7. The summed E-state index contributed by atoms with van der Waals surface area (Å²) < 4.78 is 15.8. The zero-order valence-corrected chi connectivity index (χ0v) is 12.3. The standard InChI is InChI=1S/C15H19NO6/c1-20-11-4-2-3-5-12(11)22-9-13(17)16-15(8-14(18)19)6-7-21-10-15/h2-5H,6-10H2,1H3,(H,16,17)(H,18,19). The molecule has 1 unspecified atom stereocenters. The average molecular weight is 309 g/mol. The second kappa shape index (κ2) is 7.13. The summed E-state index contributed by atoms with van der Waals surface area (Å²) in [6.07, 6.45) is 0.299. The molecule has 0 aliphatic carbocycles.